The van der Waals surface area contributed by atoms with Crippen LogP contribution < -0.4 is 16.0 Å². The summed E-state index contributed by atoms with van der Waals surface area (Å²) in [5.74, 6) is -6.58. The number of phenolic OH excluding ortho intramolecular Hbond substituents is 1. The van der Waals surface area contributed by atoms with Crippen molar-refractivity contribution in [1.29, 1.82) is 0 Å². The maximum atomic E-state index is 14.0. The van der Waals surface area contributed by atoms with E-state index in [4.69, 9.17) is 5.73 Å². The van der Waals surface area contributed by atoms with Crippen molar-refractivity contribution in [2.24, 2.45) is 23.5 Å². The predicted molar refractivity (Wildman–Crippen MR) is 158 cm³/mol. The van der Waals surface area contributed by atoms with E-state index in [1.54, 1.807) is 68.3 Å². The maximum absolute atomic E-state index is 14.0. The van der Waals surface area contributed by atoms with Crippen LogP contribution in [0.4, 0.5) is 16.2 Å². The number of ketones is 2. The number of phenols is 1. The van der Waals surface area contributed by atoms with Crippen LogP contribution in [0.3, 0.4) is 0 Å². The van der Waals surface area contributed by atoms with E-state index < -0.39 is 69.3 Å². The number of amides is 2. The zero-order chi connectivity index (χ0) is 30.6. The number of benzene rings is 2. The molecule has 11 nitrogen and oxygen atoms in total. The molecule has 1 fully saturated rings. The van der Waals surface area contributed by atoms with E-state index in [-0.39, 0.29) is 29.7 Å². The minimum absolute atomic E-state index is 0.000179. The van der Waals surface area contributed by atoms with Crippen LogP contribution in [-0.4, -0.2) is 77.2 Å². The fourth-order valence-corrected chi connectivity index (χ4v) is 7.21. The lowest BCUT2D eigenvalue weighted by Gasteiger charge is -2.46. The average molecular weight is 593 g/mol. The first-order chi connectivity index (χ1) is 19.8. The molecular formula is C30H32N4O7S. The lowest BCUT2D eigenvalue weighted by molar-refractivity contribution is -0.136. The van der Waals surface area contributed by atoms with Crippen molar-refractivity contribution < 1.29 is 34.5 Å². The first kappa shape index (κ1) is 29.2. The second-order valence-electron chi connectivity index (χ2n) is 11.2. The highest BCUT2D eigenvalue weighted by atomic mass is 32.2. The zero-order valence-electron chi connectivity index (χ0n) is 23.5. The minimum Gasteiger partial charge on any atom is -0.510 e. The number of aliphatic hydroxyl groups excluding tert-OH is 2. The summed E-state index contributed by atoms with van der Waals surface area (Å²) in [6.07, 6.45) is 0.499. The van der Waals surface area contributed by atoms with Crippen molar-refractivity contribution in [2.45, 2.75) is 23.8 Å². The number of fused-ring (bicyclic) bond motifs is 3. The second kappa shape index (κ2) is 10.8. The molecular weight excluding hydrogens is 560 g/mol. The summed E-state index contributed by atoms with van der Waals surface area (Å²) in [7, 11) is 6.91. The topological polar surface area (TPSA) is 174 Å². The van der Waals surface area contributed by atoms with E-state index >= 15 is 0 Å². The number of Topliss-reactive ketones (excluding diaryl/α,β-unsaturated/α-hetero) is 2. The third kappa shape index (κ3) is 4.70. The third-order valence-corrected chi connectivity index (χ3v) is 9.01. The number of aromatic hydroxyl groups is 1. The summed E-state index contributed by atoms with van der Waals surface area (Å²) >= 11 is 0.929. The number of carbonyl (C=O) groups excluding carboxylic acids is 4. The number of aliphatic hydroxyl groups is 2. The molecule has 0 aromatic heterocycles. The molecule has 2 amide bonds. The molecule has 0 saturated heterocycles. The lowest BCUT2D eigenvalue weighted by atomic mass is 9.59. The lowest BCUT2D eigenvalue weighted by Crippen LogP contribution is -2.55. The first-order valence-corrected chi connectivity index (χ1v) is 14.2. The molecule has 3 aliphatic rings. The molecule has 42 heavy (non-hydrogen) atoms. The predicted octanol–water partition coefficient (Wildman–Crippen LogP) is 3.24. The normalized spacial score (nSPS) is 23.4. The van der Waals surface area contributed by atoms with Crippen molar-refractivity contribution in [3.8, 4) is 5.75 Å². The van der Waals surface area contributed by atoms with Gasteiger partial charge in [-0.05, 0) is 74.3 Å². The molecule has 0 bridgehead atoms. The Morgan fingerprint density at radius 1 is 1.02 bits per heavy atom. The van der Waals surface area contributed by atoms with Crippen LogP contribution in [0.2, 0.25) is 0 Å². The summed E-state index contributed by atoms with van der Waals surface area (Å²) in [6, 6.07) is 9.76. The molecule has 1 saturated carbocycles. The number of hydrogen-bond acceptors (Lipinski definition) is 10. The molecule has 0 aliphatic heterocycles. The van der Waals surface area contributed by atoms with Crippen LogP contribution in [0, 0.1) is 17.8 Å². The summed E-state index contributed by atoms with van der Waals surface area (Å²) in [5, 5.41) is 36.0. The average Bonchev–Trinajstić information content (AvgIpc) is 2.89. The molecule has 12 heteroatoms. The van der Waals surface area contributed by atoms with Crippen molar-refractivity contribution >= 4 is 51.6 Å². The van der Waals surface area contributed by atoms with Gasteiger partial charge < -0.3 is 31.3 Å². The van der Waals surface area contributed by atoms with E-state index in [0.717, 1.165) is 11.8 Å². The number of anilines is 2. The van der Waals surface area contributed by atoms with Gasteiger partial charge in [-0.1, -0.05) is 18.2 Å². The van der Waals surface area contributed by atoms with Crippen LogP contribution >= 0.6 is 11.8 Å². The maximum Gasteiger partial charge on any atom is 0.288 e. The van der Waals surface area contributed by atoms with E-state index in [1.807, 2.05) is 6.07 Å². The Bertz CT molecular complexity index is 1580. The smallest absolute Gasteiger partial charge is 0.288 e. The van der Waals surface area contributed by atoms with Gasteiger partial charge in [0.1, 0.15) is 17.1 Å². The molecule has 4 atom stereocenters. The summed E-state index contributed by atoms with van der Waals surface area (Å²) < 4.78 is 0. The SMILES string of the molecule is CN(C)c1cc(NC(=O)Sc2ccccc2)c(O)c2c1CC1CC3C(C(=O)C(C(N)=O)=C(O)[C@H]3N(C)C)C(=O)C1=C2O. The van der Waals surface area contributed by atoms with Crippen LogP contribution in [0.1, 0.15) is 17.5 Å². The number of thioether (sulfide) groups is 1. The van der Waals surface area contributed by atoms with Gasteiger partial charge >= 0.3 is 0 Å². The summed E-state index contributed by atoms with van der Waals surface area (Å²) in [4.78, 5) is 56.5. The highest BCUT2D eigenvalue weighted by Gasteiger charge is 2.56. The van der Waals surface area contributed by atoms with Crippen LogP contribution in [0.5, 0.6) is 5.75 Å². The number of carbonyl (C=O) groups is 4. The largest absolute Gasteiger partial charge is 0.510 e. The summed E-state index contributed by atoms with van der Waals surface area (Å²) in [5.41, 5.74) is 6.02. The number of likely N-dealkylation sites (N-methyl/N-ethyl adjacent to an activating group) is 1. The molecule has 5 rings (SSSR count). The quantitative estimate of drug-likeness (QED) is 0.150. The molecule has 3 unspecified atom stereocenters. The van der Waals surface area contributed by atoms with E-state index in [0.29, 0.717) is 16.1 Å². The Kier molecular flexibility index (Phi) is 7.54. The van der Waals surface area contributed by atoms with Crippen LogP contribution in [0.15, 0.2) is 58.2 Å². The van der Waals surface area contributed by atoms with E-state index in [2.05, 4.69) is 5.32 Å². The molecule has 2 aromatic carbocycles. The fourth-order valence-electron chi connectivity index (χ4n) is 6.54. The van der Waals surface area contributed by atoms with Crippen molar-refractivity contribution in [1.82, 2.24) is 4.90 Å². The van der Waals surface area contributed by atoms with Gasteiger partial charge in [0.2, 0.25) is 0 Å². The standard InChI is InChI=1S/C30H32N4O7S/c1-33(2)18-12-17(32-30(41)42-14-8-6-5-7-9-14)24(35)20-15(18)10-13-11-16-21(26(37)19(13)25(20)36)27(38)22(29(31)40)28(39)23(16)34(3)4/h5-9,12-13,16,21,23,35-36,39H,10-11H2,1-4H3,(H2,31,40)(H,32,41)/t13?,16?,21?,23-/m0/s1. The fraction of sp³-hybridized carbons (Fsp3) is 0.333. The monoisotopic (exact) mass is 592 g/mol. The van der Waals surface area contributed by atoms with Gasteiger partial charge in [-0.15, -0.1) is 0 Å². The van der Waals surface area contributed by atoms with Crippen LogP contribution in [-0.2, 0) is 20.8 Å². The van der Waals surface area contributed by atoms with Crippen molar-refractivity contribution in [3.05, 3.63) is 64.4 Å². The molecule has 2 aromatic rings. The number of nitrogens with one attached hydrogen (secondary N) is 1. The van der Waals surface area contributed by atoms with Gasteiger partial charge in [0.05, 0.1) is 23.2 Å². The number of allylic oxidation sites excluding steroid dienone is 1. The molecule has 0 spiro atoms. The highest BCUT2D eigenvalue weighted by Crippen LogP contribution is 2.53. The highest BCUT2D eigenvalue weighted by molar-refractivity contribution is 8.13. The van der Waals surface area contributed by atoms with E-state index in [1.165, 1.54) is 0 Å². The number of nitrogens with two attached hydrogens (primary N) is 1. The van der Waals surface area contributed by atoms with Gasteiger partial charge in [-0.3, -0.25) is 24.1 Å². The minimum atomic E-state index is -1.34. The first-order valence-electron chi connectivity index (χ1n) is 13.3. The Morgan fingerprint density at radius 2 is 1.69 bits per heavy atom. The van der Waals surface area contributed by atoms with Crippen molar-refractivity contribution in [3.63, 3.8) is 0 Å². The second-order valence-corrected chi connectivity index (χ2v) is 12.2. The molecule has 220 valence electrons. The zero-order valence-corrected chi connectivity index (χ0v) is 24.4. The number of primary amides is 1. The Labute approximate surface area is 246 Å². The Hall–Kier alpha value is -4.29. The number of hydrogen-bond donors (Lipinski definition) is 5. The number of nitrogens with zero attached hydrogens (tertiary/aromatic N) is 2. The Morgan fingerprint density at radius 3 is 2.29 bits per heavy atom. The third-order valence-electron chi connectivity index (χ3n) is 8.21. The van der Waals surface area contributed by atoms with Gasteiger partial charge in [-0.25, -0.2) is 0 Å². The van der Waals surface area contributed by atoms with E-state index in [9.17, 15) is 34.5 Å². The van der Waals surface area contributed by atoms with Crippen molar-refractivity contribution in [2.75, 3.05) is 38.4 Å². The number of rotatable bonds is 5. The van der Waals surface area contributed by atoms with Gasteiger partial charge in [0, 0.05) is 30.3 Å². The Balaban J connectivity index is 1.60. The van der Waals surface area contributed by atoms with Gasteiger partial charge in [0.15, 0.2) is 17.3 Å². The molecule has 0 radical (unpaired) electrons. The van der Waals surface area contributed by atoms with Crippen LogP contribution in [0.25, 0.3) is 5.76 Å². The van der Waals surface area contributed by atoms with Gasteiger partial charge in [0.25, 0.3) is 11.1 Å². The molecule has 6 N–H and O–H groups in total. The summed E-state index contributed by atoms with van der Waals surface area (Å²) in [6.45, 7) is 0. The molecule has 0 heterocycles. The molecule has 3 aliphatic carbocycles. The van der Waals surface area contributed by atoms with Gasteiger partial charge in [-0.2, -0.15) is 0 Å².